The van der Waals surface area contributed by atoms with Crippen LogP contribution >= 0.6 is 39.1 Å². The Morgan fingerprint density at radius 3 is 2.74 bits per heavy atom. The molecular formula is C11H9BrCl2N2O3. The molecule has 8 heteroatoms. The minimum Gasteiger partial charge on any atom is -0.306 e. The van der Waals surface area contributed by atoms with Gasteiger partial charge in [-0.1, -0.05) is 11.6 Å². The van der Waals surface area contributed by atoms with Crippen molar-refractivity contribution in [2.45, 2.75) is 6.42 Å². The first-order chi connectivity index (χ1) is 8.93. The normalized spacial score (nSPS) is 19.0. The number of nitro groups is 1. The van der Waals surface area contributed by atoms with Gasteiger partial charge >= 0.3 is 0 Å². The number of halogens is 3. The van der Waals surface area contributed by atoms with E-state index in [-0.39, 0.29) is 23.2 Å². The topological polar surface area (TPSA) is 63.5 Å². The first-order valence-electron chi connectivity index (χ1n) is 5.43. The van der Waals surface area contributed by atoms with Crippen LogP contribution in [0, 0.1) is 16.0 Å². The summed E-state index contributed by atoms with van der Waals surface area (Å²) in [5, 5.41) is 11.4. The monoisotopic (exact) mass is 366 g/mol. The van der Waals surface area contributed by atoms with Crippen LogP contribution in [0.25, 0.3) is 0 Å². The van der Waals surface area contributed by atoms with Gasteiger partial charge in [0.15, 0.2) is 0 Å². The third kappa shape index (κ3) is 2.85. The van der Waals surface area contributed by atoms with Crippen LogP contribution in [0.5, 0.6) is 0 Å². The standard InChI is InChI=1S/C11H9BrCl2N2O3/c12-7-2-10(16(18)19)9(3-8(7)14)15-5-6(4-13)1-11(15)17/h2-3,6H,1,4-5H2. The van der Waals surface area contributed by atoms with Crippen molar-refractivity contribution in [3.8, 4) is 0 Å². The molecule has 1 unspecified atom stereocenters. The summed E-state index contributed by atoms with van der Waals surface area (Å²) in [5.41, 5.74) is 0.0654. The maximum Gasteiger partial charge on any atom is 0.294 e. The summed E-state index contributed by atoms with van der Waals surface area (Å²) in [5.74, 6) is 0.184. The number of carbonyl (C=O) groups excluding carboxylic acids is 1. The summed E-state index contributed by atoms with van der Waals surface area (Å²) >= 11 is 14.8. The highest BCUT2D eigenvalue weighted by Gasteiger charge is 2.34. The van der Waals surface area contributed by atoms with Crippen LogP contribution in [0.3, 0.4) is 0 Å². The lowest BCUT2D eigenvalue weighted by molar-refractivity contribution is -0.384. The molecule has 1 aromatic rings. The molecule has 1 aliphatic rings. The molecule has 1 aromatic carbocycles. The van der Waals surface area contributed by atoms with Gasteiger partial charge in [0.1, 0.15) is 5.69 Å². The smallest absolute Gasteiger partial charge is 0.294 e. The van der Waals surface area contributed by atoms with Crippen molar-refractivity contribution < 1.29 is 9.72 Å². The minimum absolute atomic E-state index is 0.0104. The summed E-state index contributed by atoms with van der Waals surface area (Å²) < 4.78 is 0.421. The Hall–Kier alpha value is -0.850. The van der Waals surface area contributed by atoms with Crippen LogP contribution in [0.1, 0.15) is 6.42 Å². The molecule has 0 saturated carbocycles. The second-order valence-electron chi connectivity index (χ2n) is 4.24. The van der Waals surface area contributed by atoms with E-state index in [9.17, 15) is 14.9 Å². The zero-order chi connectivity index (χ0) is 14.2. The molecule has 1 heterocycles. The van der Waals surface area contributed by atoms with Crippen molar-refractivity contribution in [1.82, 2.24) is 0 Å². The Bertz CT molecular complexity index is 553. The number of carbonyl (C=O) groups is 1. The Morgan fingerprint density at radius 1 is 1.53 bits per heavy atom. The molecule has 102 valence electrons. The molecule has 1 aliphatic heterocycles. The molecule has 2 rings (SSSR count). The zero-order valence-electron chi connectivity index (χ0n) is 9.61. The van der Waals surface area contributed by atoms with Crippen molar-refractivity contribution in [3.63, 3.8) is 0 Å². The van der Waals surface area contributed by atoms with E-state index in [1.807, 2.05) is 0 Å². The maximum atomic E-state index is 11.9. The number of hydrogen-bond acceptors (Lipinski definition) is 3. The van der Waals surface area contributed by atoms with Gasteiger partial charge < -0.3 is 4.90 Å². The number of nitro benzene ring substituents is 1. The third-order valence-corrected chi connectivity index (χ3v) is 4.56. The Morgan fingerprint density at radius 2 is 2.21 bits per heavy atom. The molecule has 0 spiro atoms. The predicted molar refractivity (Wildman–Crippen MR) is 77.0 cm³/mol. The van der Waals surface area contributed by atoms with Gasteiger partial charge in [-0.25, -0.2) is 0 Å². The van der Waals surface area contributed by atoms with Gasteiger partial charge in [-0.15, -0.1) is 11.6 Å². The highest BCUT2D eigenvalue weighted by molar-refractivity contribution is 9.10. The molecule has 0 aromatic heterocycles. The minimum atomic E-state index is -0.530. The van der Waals surface area contributed by atoms with E-state index in [0.29, 0.717) is 28.3 Å². The van der Waals surface area contributed by atoms with E-state index >= 15 is 0 Å². The quantitative estimate of drug-likeness (QED) is 0.465. The van der Waals surface area contributed by atoms with Gasteiger partial charge in [0, 0.05) is 29.4 Å². The molecular weight excluding hydrogens is 359 g/mol. The highest BCUT2D eigenvalue weighted by atomic mass is 79.9. The summed E-state index contributed by atoms with van der Waals surface area (Å²) in [7, 11) is 0. The Balaban J connectivity index is 2.47. The zero-order valence-corrected chi connectivity index (χ0v) is 12.7. The van der Waals surface area contributed by atoms with E-state index in [0.717, 1.165) is 0 Å². The molecule has 0 aliphatic carbocycles. The highest BCUT2D eigenvalue weighted by Crippen LogP contribution is 2.38. The summed E-state index contributed by atoms with van der Waals surface area (Å²) in [4.78, 5) is 23.8. The molecule has 1 amide bonds. The number of nitrogens with zero attached hydrogens (tertiary/aromatic N) is 2. The number of amides is 1. The van der Waals surface area contributed by atoms with E-state index in [4.69, 9.17) is 23.2 Å². The molecule has 1 saturated heterocycles. The van der Waals surface area contributed by atoms with E-state index < -0.39 is 4.92 Å². The van der Waals surface area contributed by atoms with Crippen LogP contribution in [0.4, 0.5) is 11.4 Å². The number of alkyl halides is 1. The van der Waals surface area contributed by atoms with Gasteiger partial charge in [-0.05, 0) is 27.9 Å². The fourth-order valence-corrected chi connectivity index (χ4v) is 2.70. The lowest BCUT2D eigenvalue weighted by Crippen LogP contribution is -2.25. The van der Waals surface area contributed by atoms with Gasteiger partial charge in [0.25, 0.3) is 5.69 Å². The van der Waals surface area contributed by atoms with E-state index in [1.54, 1.807) is 0 Å². The third-order valence-electron chi connectivity index (χ3n) is 2.93. The van der Waals surface area contributed by atoms with Crippen molar-refractivity contribution in [2.75, 3.05) is 17.3 Å². The van der Waals surface area contributed by atoms with Crippen molar-refractivity contribution in [2.24, 2.45) is 5.92 Å². The van der Waals surface area contributed by atoms with Gasteiger partial charge in [-0.2, -0.15) is 0 Å². The van der Waals surface area contributed by atoms with Crippen LogP contribution in [0.2, 0.25) is 5.02 Å². The first kappa shape index (κ1) is 14.6. The lowest BCUT2D eigenvalue weighted by atomic mass is 10.1. The first-order valence-corrected chi connectivity index (χ1v) is 7.14. The summed E-state index contributed by atoms with van der Waals surface area (Å²) in [6.07, 6.45) is 0.300. The van der Waals surface area contributed by atoms with Gasteiger partial charge in [0.2, 0.25) is 5.91 Å². The number of benzene rings is 1. The predicted octanol–water partition coefficient (Wildman–Crippen LogP) is 3.60. The number of rotatable bonds is 3. The fourth-order valence-electron chi connectivity index (χ4n) is 2.01. The van der Waals surface area contributed by atoms with Crippen molar-refractivity contribution in [1.29, 1.82) is 0 Å². The molecule has 1 fully saturated rings. The number of hydrogen-bond donors (Lipinski definition) is 0. The van der Waals surface area contributed by atoms with Crippen LogP contribution in [-0.2, 0) is 4.79 Å². The van der Waals surface area contributed by atoms with E-state index in [1.165, 1.54) is 17.0 Å². The molecule has 19 heavy (non-hydrogen) atoms. The molecule has 1 atom stereocenters. The summed E-state index contributed by atoms with van der Waals surface area (Å²) in [6, 6.07) is 2.73. The average molecular weight is 368 g/mol. The Labute approximate surface area is 127 Å². The average Bonchev–Trinajstić information content (AvgIpc) is 2.73. The molecule has 0 radical (unpaired) electrons. The van der Waals surface area contributed by atoms with Crippen LogP contribution in [-0.4, -0.2) is 23.3 Å². The number of anilines is 1. The molecule has 0 N–H and O–H groups in total. The van der Waals surface area contributed by atoms with Gasteiger partial charge in [0.05, 0.1) is 9.95 Å². The second-order valence-corrected chi connectivity index (χ2v) is 5.81. The fraction of sp³-hybridized carbons (Fsp3) is 0.364. The second kappa shape index (κ2) is 5.64. The SMILES string of the molecule is O=C1CC(CCl)CN1c1cc(Cl)c(Br)cc1[N+](=O)[O-]. The van der Waals surface area contributed by atoms with E-state index in [2.05, 4.69) is 15.9 Å². The lowest BCUT2D eigenvalue weighted by Gasteiger charge is -2.17. The van der Waals surface area contributed by atoms with Crippen molar-refractivity contribution in [3.05, 3.63) is 31.7 Å². The van der Waals surface area contributed by atoms with Crippen LogP contribution in [0.15, 0.2) is 16.6 Å². The largest absolute Gasteiger partial charge is 0.306 e. The van der Waals surface area contributed by atoms with Crippen LogP contribution < -0.4 is 4.90 Å². The maximum absolute atomic E-state index is 11.9. The summed E-state index contributed by atoms with van der Waals surface area (Å²) in [6.45, 7) is 0.376. The Kier molecular flexibility index (Phi) is 4.32. The molecule has 0 bridgehead atoms. The molecule has 5 nitrogen and oxygen atoms in total. The van der Waals surface area contributed by atoms with Gasteiger partial charge in [-0.3, -0.25) is 14.9 Å². The van der Waals surface area contributed by atoms with Crippen molar-refractivity contribution >= 4 is 56.4 Å².